The van der Waals surface area contributed by atoms with Gasteiger partial charge in [0.15, 0.2) is 0 Å². The van der Waals surface area contributed by atoms with Gasteiger partial charge in [-0.2, -0.15) is 0 Å². The molecule has 7 heteroatoms. The molecule has 0 bridgehead atoms. The zero-order chi connectivity index (χ0) is 14.4. The van der Waals surface area contributed by atoms with E-state index in [0.717, 1.165) is 9.71 Å². The number of benzene rings is 1. The monoisotopic (exact) mass is 331 g/mol. The number of amides is 1. The Kier molecular flexibility index (Phi) is 2.99. The SMILES string of the molecule is Cc1nnc(NC(=O)c2cc3sc4ccccc4c3s2)s1. The highest BCUT2D eigenvalue weighted by molar-refractivity contribution is 7.33. The van der Waals surface area contributed by atoms with Crippen molar-refractivity contribution in [1.82, 2.24) is 10.2 Å². The predicted molar refractivity (Wildman–Crippen MR) is 89.8 cm³/mol. The highest BCUT2D eigenvalue weighted by Gasteiger charge is 2.15. The number of fused-ring (bicyclic) bond motifs is 3. The molecule has 0 saturated heterocycles. The van der Waals surface area contributed by atoms with Gasteiger partial charge in [-0.3, -0.25) is 10.1 Å². The number of hydrogen-bond donors (Lipinski definition) is 1. The highest BCUT2D eigenvalue weighted by Crippen LogP contribution is 2.39. The minimum Gasteiger partial charge on any atom is -0.296 e. The average molecular weight is 331 g/mol. The van der Waals surface area contributed by atoms with E-state index < -0.39 is 0 Å². The summed E-state index contributed by atoms with van der Waals surface area (Å²) in [7, 11) is 0. The van der Waals surface area contributed by atoms with Gasteiger partial charge in [-0.25, -0.2) is 0 Å². The minimum atomic E-state index is -0.122. The van der Waals surface area contributed by atoms with Crippen LogP contribution in [0, 0.1) is 6.92 Å². The molecule has 0 radical (unpaired) electrons. The van der Waals surface area contributed by atoms with Crippen molar-refractivity contribution in [2.75, 3.05) is 5.32 Å². The van der Waals surface area contributed by atoms with Crippen LogP contribution >= 0.6 is 34.0 Å². The van der Waals surface area contributed by atoms with Crippen LogP contribution in [0.25, 0.3) is 19.5 Å². The summed E-state index contributed by atoms with van der Waals surface area (Å²) in [5, 5.41) is 13.2. The number of aryl methyl sites for hydroxylation is 1. The van der Waals surface area contributed by atoms with Gasteiger partial charge in [0.1, 0.15) is 5.01 Å². The molecule has 1 N–H and O–H groups in total. The topological polar surface area (TPSA) is 54.9 Å². The average Bonchev–Trinajstić information content (AvgIpc) is 3.12. The van der Waals surface area contributed by atoms with E-state index in [4.69, 9.17) is 0 Å². The number of hydrogen-bond acceptors (Lipinski definition) is 6. The zero-order valence-corrected chi connectivity index (χ0v) is 13.4. The molecule has 4 rings (SSSR count). The maximum Gasteiger partial charge on any atom is 0.267 e. The van der Waals surface area contributed by atoms with E-state index >= 15 is 0 Å². The second kappa shape index (κ2) is 4.87. The summed E-state index contributed by atoms with van der Waals surface area (Å²) in [5.74, 6) is -0.122. The number of carbonyl (C=O) groups excluding carboxylic acids is 1. The normalized spacial score (nSPS) is 11.3. The number of rotatable bonds is 2. The summed E-state index contributed by atoms with van der Waals surface area (Å²) < 4.78 is 3.58. The van der Waals surface area contributed by atoms with Crippen LogP contribution in [0.5, 0.6) is 0 Å². The summed E-state index contributed by atoms with van der Waals surface area (Å²) in [5.41, 5.74) is 0. The highest BCUT2D eigenvalue weighted by atomic mass is 32.1. The lowest BCUT2D eigenvalue weighted by molar-refractivity contribution is 0.103. The first-order chi connectivity index (χ1) is 10.2. The maximum atomic E-state index is 12.3. The second-order valence-electron chi connectivity index (χ2n) is 4.48. The van der Waals surface area contributed by atoms with E-state index in [-0.39, 0.29) is 5.91 Å². The fraction of sp³-hybridized carbons (Fsp3) is 0.0714. The summed E-state index contributed by atoms with van der Waals surface area (Å²) in [6.07, 6.45) is 0. The standard InChI is InChI=1S/C14H9N3OS3/c1-7-16-17-14(19-7)15-13(18)11-6-10-12(21-11)8-4-2-3-5-9(8)20-10/h2-6H,1H3,(H,15,17,18). The fourth-order valence-electron chi connectivity index (χ4n) is 2.12. The van der Waals surface area contributed by atoms with Crippen molar-refractivity contribution in [3.05, 3.63) is 40.2 Å². The van der Waals surface area contributed by atoms with Crippen LogP contribution < -0.4 is 5.32 Å². The van der Waals surface area contributed by atoms with Crippen molar-refractivity contribution >= 4 is 64.5 Å². The van der Waals surface area contributed by atoms with Crippen LogP contribution in [0.15, 0.2) is 30.3 Å². The molecule has 0 fully saturated rings. The fourth-order valence-corrected chi connectivity index (χ4v) is 5.12. The lowest BCUT2D eigenvalue weighted by atomic mass is 10.2. The Labute approximate surface area is 132 Å². The molecule has 0 atom stereocenters. The van der Waals surface area contributed by atoms with Crippen molar-refractivity contribution in [2.45, 2.75) is 6.92 Å². The summed E-state index contributed by atoms with van der Waals surface area (Å²) in [4.78, 5) is 13.0. The third-order valence-electron chi connectivity index (χ3n) is 3.02. The van der Waals surface area contributed by atoms with Gasteiger partial charge in [-0.1, -0.05) is 29.5 Å². The first-order valence-electron chi connectivity index (χ1n) is 6.23. The second-order valence-corrected chi connectivity index (χ2v) is 7.80. The number of aromatic nitrogens is 2. The largest absolute Gasteiger partial charge is 0.296 e. The molecule has 0 unspecified atom stereocenters. The number of nitrogens with zero attached hydrogens (tertiary/aromatic N) is 2. The van der Waals surface area contributed by atoms with E-state index in [2.05, 4.69) is 27.6 Å². The van der Waals surface area contributed by atoms with Gasteiger partial charge in [0.25, 0.3) is 5.91 Å². The van der Waals surface area contributed by atoms with Crippen LogP contribution in [0.1, 0.15) is 14.7 Å². The Balaban J connectivity index is 1.71. The molecular formula is C14H9N3OS3. The van der Waals surface area contributed by atoms with Gasteiger partial charge in [-0.15, -0.1) is 32.9 Å². The van der Waals surface area contributed by atoms with Crippen LogP contribution in [0.4, 0.5) is 5.13 Å². The van der Waals surface area contributed by atoms with Crippen LogP contribution in [-0.4, -0.2) is 16.1 Å². The molecule has 3 heterocycles. The molecule has 4 aromatic rings. The van der Waals surface area contributed by atoms with E-state index in [0.29, 0.717) is 10.0 Å². The Morgan fingerprint density at radius 2 is 1.95 bits per heavy atom. The Morgan fingerprint density at radius 1 is 1.10 bits per heavy atom. The lowest BCUT2D eigenvalue weighted by Crippen LogP contribution is -2.09. The first-order valence-corrected chi connectivity index (χ1v) is 8.68. The van der Waals surface area contributed by atoms with Crippen LogP contribution in [0.2, 0.25) is 0 Å². The van der Waals surface area contributed by atoms with Crippen LogP contribution in [0.3, 0.4) is 0 Å². The first kappa shape index (κ1) is 12.9. The summed E-state index contributed by atoms with van der Waals surface area (Å²) in [6.45, 7) is 1.86. The van der Waals surface area contributed by atoms with Crippen molar-refractivity contribution < 1.29 is 4.79 Å². The molecule has 0 aliphatic heterocycles. The molecule has 1 aromatic carbocycles. The Hall–Kier alpha value is -1.83. The molecule has 0 aliphatic carbocycles. The van der Waals surface area contributed by atoms with Crippen molar-refractivity contribution in [3.8, 4) is 0 Å². The van der Waals surface area contributed by atoms with Crippen LogP contribution in [-0.2, 0) is 0 Å². The van der Waals surface area contributed by atoms with Gasteiger partial charge in [0.05, 0.1) is 9.58 Å². The van der Waals surface area contributed by atoms with E-state index in [1.54, 1.807) is 11.3 Å². The third kappa shape index (κ3) is 2.23. The van der Waals surface area contributed by atoms with Gasteiger partial charge < -0.3 is 0 Å². The lowest BCUT2D eigenvalue weighted by Gasteiger charge is -1.96. The predicted octanol–water partition coefficient (Wildman–Crippen LogP) is 4.53. The number of anilines is 1. The zero-order valence-electron chi connectivity index (χ0n) is 10.9. The van der Waals surface area contributed by atoms with Gasteiger partial charge >= 0.3 is 0 Å². The smallest absolute Gasteiger partial charge is 0.267 e. The minimum absolute atomic E-state index is 0.122. The number of nitrogens with one attached hydrogen (secondary N) is 1. The Morgan fingerprint density at radius 3 is 2.76 bits per heavy atom. The molecule has 3 aromatic heterocycles. The number of carbonyl (C=O) groups is 1. The molecule has 21 heavy (non-hydrogen) atoms. The summed E-state index contributed by atoms with van der Waals surface area (Å²) in [6, 6.07) is 10.2. The van der Waals surface area contributed by atoms with E-state index in [1.165, 1.54) is 37.5 Å². The third-order valence-corrected chi connectivity index (χ3v) is 6.19. The van der Waals surface area contributed by atoms with Gasteiger partial charge in [0, 0.05) is 14.8 Å². The maximum absolute atomic E-state index is 12.3. The van der Waals surface area contributed by atoms with Crippen molar-refractivity contribution in [3.63, 3.8) is 0 Å². The van der Waals surface area contributed by atoms with Crippen molar-refractivity contribution in [1.29, 1.82) is 0 Å². The Bertz CT molecular complexity index is 966. The van der Waals surface area contributed by atoms with E-state index in [1.807, 2.05) is 25.1 Å². The quantitative estimate of drug-likeness (QED) is 0.587. The van der Waals surface area contributed by atoms with E-state index in [9.17, 15) is 4.79 Å². The molecular weight excluding hydrogens is 322 g/mol. The molecule has 0 aliphatic rings. The van der Waals surface area contributed by atoms with Gasteiger partial charge in [-0.05, 0) is 19.1 Å². The molecule has 1 amide bonds. The molecule has 0 saturated carbocycles. The number of thiophene rings is 2. The van der Waals surface area contributed by atoms with Gasteiger partial charge in [0.2, 0.25) is 5.13 Å². The molecule has 4 nitrogen and oxygen atoms in total. The molecule has 0 spiro atoms. The summed E-state index contributed by atoms with van der Waals surface area (Å²) >= 11 is 4.61. The van der Waals surface area contributed by atoms with Crippen molar-refractivity contribution in [2.24, 2.45) is 0 Å². The molecule has 104 valence electrons.